The third kappa shape index (κ3) is 2.68. The molecule has 4 heterocycles. The standard InChI is InChI=1S/C17H18N4O4/c22-16(21-5-1-2-13(21)12-9-18-3-4-19-12)11-8-14(17(23)24)20-6-7-25-10-15(11)20/h3-4,8-9,13H,1-2,5-7,10H2,(H,23,24). The number of nitrogens with zero attached hydrogens (tertiary/aromatic N) is 4. The number of carboxylic acids is 1. The zero-order chi connectivity index (χ0) is 17.4. The van der Waals surface area contributed by atoms with Crippen LogP contribution < -0.4 is 0 Å². The predicted molar refractivity (Wildman–Crippen MR) is 86.1 cm³/mol. The van der Waals surface area contributed by atoms with Crippen molar-refractivity contribution in [2.24, 2.45) is 0 Å². The van der Waals surface area contributed by atoms with Gasteiger partial charge in [-0.1, -0.05) is 0 Å². The van der Waals surface area contributed by atoms with E-state index in [9.17, 15) is 14.7 Å². The van der Waals surface area contributed by atoms with Crippen LogP contribution in [0.15, 0.2) is 24.7 Å². The van der Waals surface area contributed by atoms with E-state index in [2.05, 4.69) is 9.97 Å². The Morgan fingerprint density at radius 3 is 2.92 bits per heavy atom. The molecule has 2 aliphatic heterocycles. The maximum Gasteiger partial charge on any atom is 0.352 e. The molecule has 1 unspecified atom stereocenters. The van der Waals surface area contributed by atoms with Crippen LogP contribution in [0, 0.1) is 0 Å². The molecule has 2 aromatic heterocycles. The molecule has 0 radical (unpaired) electrons. The van der Waals surface area contributed by atoms with Crippen molar-refractivity contribution in [2.75, 3.05) is 13.2 Å². The number of hydrogen-bond acceptors (Lipinski definition) is 5. The Morgan fingerprint density at radius 2 is 2.16 bits per heavy atom. The van der Waals surface area contributed by atoms with E-state index in [0.29, 0.717) is 31.0 Å². The molecule has 1 fully saturated rings. The van der Waals surface area contributed by atoms with Crippen LogP contribution in [-0.2, 0) is 17.9 Å². The molecule has 0 aliphatic carbocycles. The molecule has 0 bridgehead atoms. The largest absolute Gasteiger partial charge is 0.477 e. The summed E-state index contributed by atoms with van der Waals surface area (Å²) in [5.74, 6) is -1.20. The second kappa shape index (κ2) is 6.29. The van der Waals surface area contributed by atoms with E-state index >= 15 is 0 Å². The summed E-state index contributed by atoms with van der Waals surface area (Å²) < 4.78 is 7.12. The van der Waals surface area contributed by atoms with Crippen LogP contribution in [0.2, 0.25) is 0 Å². The van der Waals surface area contributed by atoms with Crippen LogP contribution in [0.3, 0.4) is 0 Å². The van der Waals surface area contributed by atoms with Gasteiger partial charge in [0.25, 0.3) is 5.91 Å². The Hall–Kier alpha value is -2.74. The molecule has 1 atom stereocenters. The zero-order valence-corrected chi connectivity index (χ0v) is 13.6. The summed E-state index contributed by atoms with van der Waals surface area (Å²) in [5, 5.41) is 9.43. The Bertz CT molecular complexity index is 818. The Balaban J connectivity index is 1.70. The number of hydrogen-bond donors (Lipinski definition) is 1. The molecule has 1 saturated heterocycles. The molecule has 130 valence electrons. The van der Waals surface area contributed by atoms with Crippen LogP contribution in [0.5, 0.6) is 0 Å². The maximum absolute atomic E-state index is 13.2. The highest BCUT2D eigenvalue weighted by Crippen LogP contribution is 2.33. The Labute approximate surface area is 144 Å². The third-order valence-electron chi connectivity index (χ3n) is 4.79. The molecule has 0 saturated carbocycles. The van der Waals surface area contributed by atoms with Gasteiger partial charge in [-0.2, -0.15) is 0 Å². The lowest BCUT2D eigenvalue weighted by Gasteiger charge is -2.25. The summed E-state index contributed by atoms with van der Waals surface area (Å²) in [6, 6.07) is 1.34. The molecule has 1 amide bonds. The van der Waals surface area contributed by atoms with Crippen molar-refractivity contribution in [1.29, 1.82) is 0 Å². The topological polar surface area (TPSA) is 97.5 Å². The molecule has 1 N–H and O–H groups in total. The normalized spacial score (nSPS) is 19.7. The van der Waals surface area contributed by atoms with E-state index in [1.54, 1.807) is 28.1 Å². The molecule has 2 aromatic rings. The predicted octanol–water partition coefficient (Wildman–Crippen LogP) is 1.48. The van der Waals surface area contributed by atoms with Gasteiger partial charge in [0.1, 0.15) is 5.69 Å². The summed E-state index contributed by atoms with van der Waals surface area (Å²) in [6.07, 6.45) is 6.60. The number of carbonyl (C=O) groups excluding carboxylic acids is 1. The Kier molecular flexibility index (Phi) is 3.96. The summed E-state index contributed by atoms with van der Waals surface area (Å²) in [7, 11) is 0. The SMILES string of the molecule is O=C(O)c1cc(C(=O)N2CCCC2c2cnccn2)c2n1CCOC2. The Morgan fingerprint density at radius 1 is 1.28 bits per heavy atom. The molecule has 25 heavy (non-hydrogen) atoms. The summed E-state index contributed by atoms with van der Waals surface area (Å²) in [5.41, 5.74) is 1.94. The fraction of sp³-hybridized carbons (Fsp3) is 0.412. The molecule has 8 heteroatoms. The zero-order valence-electron chi connectivity index (χ0n) is 13.6. The summed E-state index contributed by atoms with van der Waals surface area (Å²) in [6.45, 7) is 1.76. The van der Waals surface area contributed by atoms with E-state index in [0.717, 1.165) is 18.5 Å². The smallest absolute Gasteiger partial charge is 0.352 e. The van der Waals surface area contributed by atoms with Gasteiger partial charge in [0.05, 0.1) is 42.4 Å². The second-order valence-corrected chi connectivity index (χ2v) is 6.19. The van der Waals surface area contributed by atoms with Gasteiger partial charge in [-0.3, -0.25) is 14.8 Å². The van der Waals surface area contributed by atoms with Crippen LogP contribution >= 0.6 is 0 Å². The quantitative estimate of drug-likeness (QED) is 0.907. The lowest BCUT2D eigenvalue weighted by atomic mass is 10.1. The average molecular weight is 342 g/mol. The number of aromatic nitrogens is 3. The molecular weight excluding hydrogens is 324 g/mol. The molecular formula is C17H18N4O4. The summed E-state index contributed by atoms with van der Waals surface area (Å²) >= 11 is 0. The number of fused-ring (bicyclic) bond motifs is 1. The highest BCUT2D eigenvalue weighted by molar-refractivity contribution is 5.99. The average Bonchev–Trinajstić information content (AvgIpc) is 3.27. The number of ether oxygens (including phenoxy) is 1. The van der Waals surface area contributed by atoms with Gasteiger partial charge in [-0.15, -0.1) is 0 Å². The van der Waals surface area contributed by atoms with Crippen LogP contribution in [-0.4, -0.2) is 49.6 Å². The van der Waals surface area contributed by atoms with Crippen LogP contribution in [0.1, 0.15) is 51.1 Å². The van der Waals surface area contributed by atoms with Gasteiger partial charge >= 0.3 is 5.97 Å². The first-order valence-electron chi connectivity index (χ1n) is 8.27. The van der Waals surface area contributed by atoms with Gasteiger partial charge in [0.2, 0.25) is 0 Å². The van der Waals surface area contributed by atoms with Crippen molar-refractivity contribution in [3.8, 4) is 0 Å². The van der Waals surface area contributed by atoms with Gasteiger partial charge in [0, 0.05) is 25.5 Å². The highest BCUT2D eigenvalue weighted by Gasteiger charge is 2.35. The van der Waals surface area contributed by atoms with Crippen molar-refractivity contribution in [3.05, 3.63) is 47.3 Å². The van der Waals surface area contributed by atoms with Crippen molar-refractivity contribution in [3.63, 3.8) is 0 Å². The summed E-state index contributed by atoms with van der Waals surface area (Å²) in [4.78, 5) is 34.8. The van der Waals surface area contributed by atoms with Crippen molar-refractivity contribution >= 4 is 11.9 Å². The van der Waals surface area contributed by atoms with Gasteiger partial charge in [0.15, 0.2) is 0 Å². The van der Waals surface area contributed by atoms with Gasteiger partial charge in [-0.25, -0.2) is 4.79 Å². The lowest BCUT2D eigenvalue weighted by molar-refractivity contribution is 0.0631. The number of likely N-dealkylation sites (tertiary alicyclic amines) is 1. The van der Waals surface area contributed by atoms with Crippen LogP contribution in [0.4, 0.5) is 0 Å². The monoisotopic (exact) mass is 342 g/mol. The van der Waals surface area contributed by atoms with Gasteiger partial charge < -0.3 is 19.3 Å². The van der Waals surface area contributed by atoms with E-state index in [1.165, 1.54) is 6.07 Å². The van der Waals surface area contributed by atoms with E-state index < -0.39 is 5.97 Å². The van der Waals surface area contributed by atoms with E-state index in [1.807, 2.05) is 0 Å². The minimum absolute atomic E-state index is 0.130. The lowest BCUT2D eigenvalue weighted by Crippen LogP contribution is -2.32. The first-order valence-corrected chi connectivity index (χ1v) is 8.27. The van der Waals surface area contributed by atoms with E-state index in [-0.39, 0.29) is 24.2 Å². The van der Waals surface area contributed by atoms with Gasteiger partial charge in [-0.05, 0) is 18.9 Å². The van der Waals surface area contributed by atoms with Crippen molar-refractivity contribution < 1.29 is 19.4 Å². The minimum Gasteiger partial charge on any atom is -0.477 e. The number of aromatic carboxylic acids is 1. The van der Waals surface area contributed by atoms with Crippen LogP contribution in [0.25, 0.3) is 0 Å². The number of rotatable bonds is 3. The first-order chi connectivity index (χ1) is 12.2. The fourth-order valence-electron chi connectivity index (χ4n) is 3.64. The maximum atomic E-state index is 13.2. The fourth-order valence-corrected chi connectivity index (χ4v) is 3.64. The number of carboxylic acid groups (broad SMARTS) is 1. The molecule has 2 aliphatic rings. The molecule has 0 aromatic carbocycles. The van der Waals surface area contributed by atoms with E-state index in [4.69, 9.17) is 4.74 Å². The third-order valence-corrected chi connectivity index (χ3v) is 4.79. The molecule has 0 spiro atoms. The number of amides is 1. The molecule has 8 nitrogen and oxygen atoms in total. The first kappa shape index (κ1) is 15.8. The number of carbonyl (C=O) groups is 2. The second-order valence-electron chi connectivity index (χ2n) is 6.19. The highest BCUT2D eigenvalue weighted by atomic mass is 16.5. The molecule has 4 rings (SSSR count). The van der Waals surface area contributed by atoms with Crippen molar-refractivity contribution in [1.82, 2.24) is 19.4 Å². The minimum atomic E-state index is -1.03. The van der Waals surface area contributed by atoms with Crippen molar-refractivity contribution in [2.45, 2.75) is 32.0 Å².